The molecule has 4 rings (SSSR count). The first-order valence-electron chi connectivity index (χ1n) is 11.3. The number of anilines is 3. The number of carbonyl (C=O) groups is 1. The van der Waals surface area contributed by atoms with Gasteiger partial charge in [0.1, 0.15) is 23.6 Å². The Morgan fingerprint density at radius 1 is 1.14 bits per heavy atom. The number of ether oxygens (including phenoxy) is 2. The predicted octanol–water partition coefficient (Wildman–Crippen LogP) is 3.83. The van der Waals surface area contributed by atoms with E-state index in [2.05, 4.69) is 26.3 Å². The van der Waals surface area contributed by atoms with Gasteiger partial charge in [-0.05, 0) is 49.2 Å². The topological polar surface area (TPSA) is 104 Å². The molecule has 180 valence electrons. The maximum absolute atomic E-state index is 12.7. The Labute approximate surface area is 204 Å². The maximum atomic E-state index is 12.7. The molecule has 1 saturated heterocycles. The molecule has 0 aliphatic carbocycles. The normalized spacial score (nSPS) is 14.8. The number of nitrogens with one attached hydrogen (secondary N) is 1. The van der Waals surface area contributed by atoms with Crippen LogP contribution in [0.2, 0.25) is 0 Å². The maximum Gasteiger partial charge on any atom is 0.244 e. The van der Waals surface area contributed by atoms with Crippen LogP contribution in [-0.2, 0) is 4.79 Å². The number of aromatic nitrogens is 2. The summed E-state index contributed by atoms with van der Waals surface area (Å²) >= 11 is 0. The smallest absolute Gasteiger partial charge is 0.244 e. The van der Waals surface area contributed by atoms with Crippen LogP contribution >= 0.6 is 0 Å². The van der Waals surface area contributed by atoms with E-state index in [-0.39, 0.29) is 11.9 Å². The Morgan fingerprint density at radius 3 is 2.66 bits per heavy atom. The number of rotatable bonds is 7. The molecule has 1 N–H and O–H groups in total. The second kappa shape index (κ2) is 10.3. The zero-order valence-corrected chi connectivity index (χ0v) is 20.3. The zero-order chi connectivity index (χ0) is 24.9. The molecule has 0 spiro atoms. The van der Waals surface area contributed by atoms with E-state index in [1.165, 1.54) is 7.11 Å². The van der Waals surface area contributed by atoms with Gasteiger partial charge in [0.05, 0.1) is 31.2 Å². The number of methoxy groups -OCH3 is 2. The van der Waals surface area contributed by atoms with E-state index in [0.717, 1.165) is 36.3 Å². The van der Waals surface area contributed by atoms with Crippen molar-refractivity contribution < 1.29 is 14.3 Å². The van der Waals surface area contributed by atoms with Crippen molar-refractivity contribution in [1.82, 2.24) is 14.9 Å². The van der Waals surface area contributed by atoms with Gasteiger partial charge in [-0.1, -0.05) is 0 Å². The molecule has 1 atom stereocenters. The Balaban J connectivity index is 1.58. The van der Waals surface area contributed by atoms with Gasteiger partial charge in [0.2, 0.25) is 11.9 Å². The highest BCUT2D eigenvalue weighted by Gasteiger charge is 2.33. The van der Waals surface area contributed by atoms with E-state index in [1.807, 2.05) is 24.3 Å². The number of hydrogen-bond acceptors (Lipinski definition) is 8. The molecule has 3 aromatic rings. The van der Waals surface area contributed by atoms with E-state index in [1.54, 1.807) is 50.5 Å². The number of carbonyl (C=O) groups excluding carboxylic acids is 1. The summed E-state index contributed by atoms with van der Waals surface area (Å²) < 4.78 is 10.9. The fourth-order valence-corrected chi connectivity index (χ4v) is 4.27. The van der Waals surface area contributed by atoms with Crippen molar-refractivity contribution in [3.63, 3.8) is 0 Å². The standard InChI is InChI=1S/C26H28N6O3/c1-31(2)25(33)22-6-5-13-32(22)21-9-8-19(15-24(21)35-4)29-26-28-12-11-20(30-26)17-7-10-23(34-3)18(14-17)16-27/h7-12,14-15,22H,5-6,13H2,1-4H3,(H,28,29,30). The van der Waals surface area contributed by atoms with Crippen molar-refractivity contribution in [3.05, 3.63) is 54.2 Å². The van der Waals surface area contributed by atoms with E-state index < -0.39 is 0 Å². The Kier molecular flexibility index (Phi) is 7.01. The molecule has 2 heterocycles. The van der Waals surface area contributed by atoms with Crippen LogP contribution in [0.15, 0.2) is 48.7 Å². The first kappa shape index (κ1) is 23.8. The third kappa shape index (κ3) is 4.96. The fourth-order valence-electron chi connectivity index (χ4n) is 4.27. The number of benzene rings is 2. The van der Waals surface area contributed by atoms with Crippen molar-refractivity contribution in [2.45, 2.75) is 18.9 Å². The van der Waals surface area contributed by atoms with Crippen molar-refractivity contribution >= 4 is 23.2 Å². The van der Waals surface area contributed by atoms with Crippen LogP contribution in [0.5, 0.6) is 11.5 Å². The van der Waals surface area contributed by atoms with Crippen LogP contribution in [0.4, 0.5) is 17.3 Å². The van der Waals surface area contributed by atoms with Gasteiger partial charge >= 0.3 is 0 Å². The molecule has 1 aliphatic heterocycles. The third-order valence-corrected chi connectivity index (χ3v) is 6.00. The lowest BCUT2D eigenvalue weighted by molar-refractivity contribution is -0.129. The van der Waals surface area contributed by atoms with Gasteiger partial charge in [-0.3, -0.25) is 4.79 Å². The van der Waals surface area contributed by atoms with Crippen LogP contribution in [0.1, 0.15) is 18.4 Å². The summed E-state index contributed by atoms with van der Waals surface area (Å²) in [6.45, 7) is 0.797. The molecule has 1 aliphatic rings. The molecular weight excluding hydrogens is 444 g/mol. The first-order valence-corrected chi connectivity index (χ1v) is 11.3. The van der Waals surface area contributed by atoms with Crippen LogP contribution < -0.4 is 19.7 Å². The quantitative estimate of drug-likeness (QED) is 0.553. The predicted molar refractivity (Wildman–Crippen MR) is 134 cm³/mol. The fraction of sp³-hybridized carbons (Fsp3) is 0.308. The Bertz CT molecular complexity index is 1270. The molecule has 0 saturated carbocycles. The minimum Gasteiger partial charge on any atom is -0.495 e. The highest BCUT2D eigenvalue weighted by Crippen LogP contribution is 2.36. The summed E-state index contributed by atoms with van der Waals surface area (Å²) in [5.41, 5.74) is 3.53. The van der Waals surface area contributed by atoms with Gasteiger partial charge < -0.3 is 24.6 Å². The van der Waals surface area contributed by atoms with E-state index in [9.17, 15) is 10.1 Å². The Morgan fingerprint density at radius 2 is 1.94 bits per heavy atom. The van der Waals surface area contributed by atoms with Crippen LogP contribution in [0, 0.1) is 11.3 Å². The number of amides is 1. The van der Waals surface area contributed by atoms with Crippen molar-refractivity contribution in [3.8, 4) is 28.8 Å². The largest absolute Gasteiger partial charge is 0.495 e. The number of likely N-dealkylation sites (N-methyl/N-ethyl adjacent to an activating group) is 1. The van der Waals surface area contributed by atoms with E-state index >= 15 is 0 Å². The highest BCUT2D eigenvalue weighted by atomic mass is 16.5. The molecule has 35 heavy (non-hydrogen) atoms. The molecule has 1 fully saturated rings. The molecule has 1 unspecified atom stereocenters. The minimum absolute atomic E-state index is 0.0926. The molecular formula is C26H28N6O3. The lowest BCUT2D eigenvalue weighted by atomic mass is 10.1. The molecule has 1 amide bonds. The number of nitriles is 1. The minimum atomic E-state index is -0.194. The summed E-state index contributed by atoms with van der Waals surface area (Å²) in [4.78, 5) is 25.3. The lowest BCUT2D eigenvalue weighted by Crippen LogP contribution is -2.42. The van der Waals surface area contributed by atoms with Crippen molar-refractivity contribution in [1.29, 1.82) is 5.26 Å². The van der Waals surface area contributed by atoms with Crippen LogP contribution in [0.25, 0.3) is 11.3 Å². The summed E-state index contributed by atoms with van der Waals surface area (Å²) in [5, 5.41) is 12.6. The number of nitrogens with zero attached hydrogens (tertiary/aromatic N) is 5. The van der Waals surface area contributed by atoms with Crippen LogP contribution in [0.3, 0.4) is 0 Å². The highest BCUT2D eigenvalue weighted by molar-refractivity contribution is 5.86. The summed E-state index contributed by atoms with van der Waals surface area (Å²) in [5.74, 6) is 1.69. The van der Waals surface area contributed by atoms with Crippen molar-refractivity contribution in [2.24, 2.45) is 0 Å². The monoisotopic (exact) mass is 472 g/mol. The molecule has 9 nitrogen and oxygen atoms in total. The second-order valence-electron chi connectivity index (χ2n) is 8.39. The van der Waals surface area contributed by atoms with Gasteiger partial charge in [0, 0.05) is 44.2 Å². The van der Waals surface area contributed by atoms with Gasteiger partial charge in [-0.25, -0.2) is 9.97 Å². The SMILES string of the molecule is COc1ccc(-c2ccnc(Nc3ccc(N4CCCC4C(=O)N(C)C)c(OC)c3)n2)cc1C#N. The molecule has 0 radical (unpaired) electrons. The third-order valence-electron chi connectivity index (χ3n) is 6.00. The second-order valence-corrected chi connectivity index (χ2v) is 8.39. The summed E-state index contributed by atoms with van der Waals surface area (Å²) in [7, 11) is 6.72. The van der Waals surface area contributed by atoms with Gasteiger partial charge in [-0.15, -0.1) is 0 Å². The molecule has 0 bridgehead atoms. The first-order chi connectivity index (χ1) is 16.9. The Hall–Kier alpha value is -4.32. The lowest BCUT2D eigenvalue weighted by Gasteiger charge is -2.29. The van der Waals surface area contributed by atoms with Crippen LogP contribution in [-0.4, -0.2) is 61.7 Å². The van der Waals surface area contributed by atoms with E-state index in [4.69, 9.17) is 9.47 Å². The summed E-state index contributed by atoms with van der Waals surface area (Å²) in [6, 6.07) is 14.8. The van der Waals surface area contributed by atoms with Crippen molar-refractivity contribution in [2.75, 3.05) is 45.1 Å². The average molecular weight is 473 g/mol. The van der Waals surface area contributed by atoms with Gasteiger partial charge in [-0.2, -0.15) is 5.26 Å². The van der Waals surface area contributed by atoms with E-state index in [0.29, 0.717) is 28.7 Å². The molecule has 9 heteroatoms. The summed E-state index contributed by atoms with van der Waals surface area (Å²) in [6.07, 6.45) is 3.43. The average Bonchev–Trinajstić information content (AvgIpc) is 3.37. The number of hydrogen-bond donors (Lipinski definition) is 1. The molecule has 2 aromatic carbocycles. The molecule has 1 aromatic heterocycles. The van der Waals surface area contributed by atoms with Gasteiger partial charge in [0.25, 0.3) is 0 Å². The zero-order valence-electron chi connectivity index (χ0n) is 20.3. The van der Waals surface area contributed by atoms with Gasteiger partial charge in [0.15, 0.2) is 0 Å².